The fourth-order valence-electron chi connectivity index (χ4n) is 11.7. The number of aliphatic hydroxyl groups excluding tert-OH is 1. The second-order valence-electron chi connectivity index (χ2n) is 27.9. The van der Waals surface area contributed by atoms with Crippen molar-refractivity contribution in [3.8, 4) is 0 Å². The SMILES string of the molecule is CCCCCCCCCCCCCCCCCC(=O)OC[C@H](COP(=O)(O)OC[C@@H](O)COP(=O)(O)OC[C@@H](COC(=O)CCCCCCCCCCC)OC(=O)CCCCCCCCCCCCCCCC)OC(=O)CCCCCCCCCCCCCCCCC(C)C. The Balaban J connectivity index is 5.23. The van der Waals surface area contributed by atoms with Crippen LogP contribution in [0.1, 0.15) is 401 Å². The molecular weight excluding hydrogens is 1250 g/mol. The van der Waals surface area contributed by atoms with Crippen molar-refractivity contribution in [2.75, 3.05) is 39.6 Å². The van der Waals surface area contributed by atoms with Crippen LogP contribution in [0, 0.1) is 5.92 Å². The number of esters is 4. The molecule has 19 heteroatoms. The van der Waals surface area contributed by atoms with Crippen LogP contribution < -0.4 is 0 Å². The van der Waals surface area contributed by atoms with E-state index in [-0.39, 0.29) is 25.7 Å². The standard InChI is InChI=1S/C76H148O17P2/c1-6-9-12-15-18-21-23-25-27-32-35-40-45-50-55-60-74(79)87-66-72(93-76(81)62-57-52-47-42-37-33-29-28-30-34-39-43-48-53-58-69(4)5)68-91-95(84,85)89-64-70(77)63-88-94(82,83)90-67-71(65-86-73(78)59-54-49-44-38-20-17-14-11-8-3)92-75(80)61-56-51-46-41-36-31-26-24-22-19-16-13-10-7-2/h69-72,77H,6-68H2,1-5H3,(H,82,83)(H,84,85)/t70-,71+,72+/m0/s1. The smallest absolute Gasteiger partial charge is 0.462 e. The van der Waals surface area contributed by atoms with Crippen LogP contribution in [0.25, 0.3) is 0 Å². The molecule has 0 heterocycles. The van der Waals surface area contributed by atoms with Crippen molar-refractivity contribution in [3.05, 3.63) is 0 Å². The van der Waals surface area contributed by atoms with Gasteiger partial charge in [-0.1, -0.05) is 349 Å². The molecule has 0 aromatic heterocycles. The Bertz CT molecular complexity index is 1820. The lowest BCUT2D eigenvalue weighted by atomic mass is 10.0. The predicted molar refractivity (Wildman–Crippen MR) is 386 cm³/mol. The summed E-state index contributed by atoms with van der Waals surface area (Å²) in [6.07, 6.45) is 58.1. The van der Waals surface area contributed by atoms with Crippen LogP contribution in [0.15, 0.2) is 0 Å². The summed E-state index contributed by atoms with van der Waals surface area (Å²) in [6, 6.07) is 0. The third kappa shape index (κ3) is 70.3. The summed E-state index contributed by atoms with van der Waals surface area (Å²) in [6.45, 7) is 7.31. The normalized spacial score (nSPS) is 13.9. The van der Waals surface area contributed by atoms with Gasteiger partial charge in [-0.25, -0.2) is 9.13 Å². The third-order valence-corrected chi connectivity index (χ3v) is 19.7. The van der Waals surface area contributed by atoms with Crippen molar-refractivity contribution in [2.24, 2.45) is 5.92 Å². The number of ether oxygens (including phenoxy) is 4. The molecule has 0 aliphatic heterocycles. The summed E-state index contributed by atoms with van der Waals surface area (Å²) < 4.78 is 68.5. The molecule has 0 amide bonds. The Morgan fingerprint density at radius 2 is 0.484 bits per heavy atom. The van der Waals surface area contributed by atoms with Crippen LogP contribution in [-0.2, 0) is 65.4 Å². The summed E-state index contributed by atoms with van der Waals surface area (Å²) >= 11 is 0. The van der Waals surface area contributed by atoms with E-state index in [2.05, 4.69) is 34.6 Å². The predicted octanol–water partition coefficient (Wildman–Crippen LogP) is 22.5. The lowest BCUT2D eigenvalue weighted by molar-refractivity contribution is -0.161. The fourth-order valence-corrected chi connectivity index (χ4v) is 13.3. The van der Waals surface area contributed by atoms with Gasteiger partial charge in [-0.05, 0) is 31.6 Å². The second kappa shape index (κ2) is 69.2. The lowest BCUT2D eigenvalue weighted by Crippen LogP contribution is -2.30. The van der Waals surface area contributed by atoms with Crippen molar-refractivity contribution in [3.63, 3.8) is 0 Å². The van der Waals surface area contributed by atoms with Crippen LogP contribution in [0.4, 0.5) is 0 Å². The van der Waals surface area contributed by atoms with Crippen molar-refractivity contribution in [2.45, 2.75) is 419 Å². The average Bonchev–Trinajstić information content (AvgIpc) is 1.83. The summed E-state index contributed by atoms with van der Waals surface area (Å²) in [5.74, 6) is -1.32. The zero-order valence-electron chi connectivity index (χ0n) is 61.8. The first-order valence-corrected chi connectivity index (χ1v) is 42.6. The van der Waals surface area contributed by atoms with Crippen molar-refractivity contribution in [1.29, 1.82) is 0 Å². The third-order valence-electron chi connectivity index (χ3n) is 17.8. The van der Waals surface area contributed by atoms with E-state index in [0.717, 1.165) is 95.8 Å². The Labute approximate surface area is 581 Å². The van der Waals surface area contributed by atoms with Gasteiger partial charge in [-0.3, -0.25) is 37.3 Å². The Hall–Kier alpha value is -1.94. The summed E-state index contributed by atoms with van der Waals surface area (Å²) in [5.41, 5.74) is 0. The van der Waals surface area contributed by atoms with Gasteiger partial charge in [0.15, 0.2) is 12.2 Å². The summed E-state index contributed by atoms with van der Waals surface area (Å²) in [4.78, 5) is 72.8. The minimum absolute atomic E-state index is 0.108. The molecule has 0 saturated carbocycles. The van der Waals surface area contributed by atoms with Gasteiger partial charge in [0.05, 0.1) is 26.4 Å². The van der Waals surface area contributed by atoms with Crippen molar-refractivity contribution in [1.82, 2.24) is 0 Å². The van der Waals surface area contributed by atoms with Crippen LogP contribution in [0.2, 0.25) is 0 Å². The molecule has 0 rings (SSSR count). The number of carbonyl (C=O) groups is 4. The number of aliphatic hydroxyl groups is 1. The summed E-state index contributed by atoms with van der Waals surface area (Å²) in [7, 11) is -9.91. The number of hydrogen-bond donors (Lipinski definition) is 3. The van der Waals surface area contributed by atoms with Gasteiger partial charge >= 0.3 is 39.5 Å². The molecule has 0 spiro atoms. The Kier molecular flexibility index (Phi) is 67.7. The van der Waals surface area contributed by atoms with Crippen LogP contribution in [0.3, 0.4) is 0 Å². The quantitative estimate of drug-likeness (QED) is 0.0222. The molecule has 2 unspecified atom stereocenters. The van der Waals surface area contributed by atoms with Gasteiger partial charge in [0, 0.05) is 25.7 Å². The first kappa shape index (κ1) is 93.1. The number of phosphoric acid groups is 2. The number of phosphoric ester groups is 2. The minimum Gasteiger partial charge on any atom is -0.462 e. The largest absolute Gasteiger partial charge is 0.472 e. The first-order chi connectivity index (χ1) is 46.0. The van der Waals surface area contributed by atoms with E-state index in [1.54, 1.807) is 0 Å². The highest BCUT2D eigenvalue weighted by Crippen LogP contribution is 2.45. The van der Waals surface area contributed by atoms with Gasteiger partial charge in [0.25, 0.3) is 0 Å². The highest BCUT2D eigenvalue weighted by Gasteiger charge is 2.30. The van der Waals surface area contributed by atoms with Crippen LogP contribution in [-0.4, -0.2) is 96.7 Å². The van der Waals surface area contributed by atoms with E-state index in [1.807, 2.05) is 0 Å². The number of hydrogen-bond acceptors (Lipinski definition) is 15. The maximum atomic E-state index is 13.1. The van der Waals surface area contributed by atoms with Crippen molar-refractivity contribution >= 4 is 39.5 Å². The monoisotopic (exact) mass is 1400 g/mol. The van der Waals surface area contributed by atoms with E-state index in [1.165, 1.54) is 225 Å². The molecule has 564 valence electrons. The molecule has 0 aromatic carbocycles. The molecule has 0 aliphatic carbocycles. The highest BCUT2D eigenvalue weighted by molar-refractivity contribution is 7.47. The van der Waals surface area contributed by atoms with Gasteiger partial charge in [0.2, 0.25) is 0 Å². The van der Waals surface area contributed by atoms with Gasteiger partial charge in [-0.2, -0.15) is 0 Å². The molecule has 3 N–H and O–H groups in total. The number of unbranched alkanes of at least 4 members (excludes halogenated alkanes) is 48. The van der Waals surface area contributed by atoms with E-state index in [0.29, 0.717) is 25.7 Å². The Morgan fingerprint density at radius 1 is 0.284 bits per heavy atom. The van der Waals surface area contributed by atoms with Crippen LogP contribution in [0.5, 0.6) is 0 Å². The minimum atomic E-state index is -4.96. The second-order valence-corrected chi connectivity index (χ2v) is 30.8. The first-order valence-electron chi connectivity index (χ1n) is 39.6. The maximum absolute atomic E-state index is 13.1. The molecule has 5 atom stereocenters. The van der Waals surface area contributed by atoms with Crippen molar-refractivity contribution < 1.29 is 80.2 Å². The van der Waals surface area contributed by atoms with Crippen LogP contribution >= 0.6 is 15.6 Å². The molecule has 0 aromatic rings. The van der Waals surface area contributed by atoms with E-state index < -0.39 is 97.5 Å². The van der Waals surface area contributed by atoms with Gasteiger partial charge in [-0.15, -0.1) is 0 Å². The van der Waals surface area contributed by atoms with E-state index in [4.69, 9.17) is 37.0 Å². The molecule has 17 nitrogen and oxygen atoms in total. The molecular formula is C76H148O17P2. The maximum Gasteiger partial charge on any atom is 0.472 e. The summed E-state index contributed by atoms with van der Waals surface area (Å²) in [5, 5.41) is 10.6. The molecule has 95 heavy (non-hydrogen) atoms. The molecule has 0 aliphatic rings. The van der Waals surface area contributed by atoms with E-state index in [9.17, 15) is 43.2 Å². The highest BCUT2D eigenvalue weighted by atomic mass is 31.2. The van der Waals surface area contributed by atoms with Gasteiger partial charge in [0.1, 0.15) is 19.3 Å². The number of carbonyl (C=O) groups excluding carboxylic acids is 4. The fraction of sp³-hybridized carbons (Fsp3) is 0.947. The molecule has 0 radical (unpaired) electrons. The molecule has 0 saturated heterocycles. The zero-order valence-corrected chi connectivity index (χ0v) is 63.6. The molecule has 0 fully saturated rings. The molecule has 0 bridgehead atoms. The lowest BCUT2D eigenvalue weighted by Gasteiger charge is -2.21. The number of rotatable bonds is 76. The van der Waals surface area contributed by atoms with E-state index >= 15 is 0 Å². The Morgan fingerprint density at radius 3 is 0.716 bits per heavy atom. The topological polar surface area (TPSA) is 237 Å². The average molecular weight is 1400 g/mol. The van der Waals surface area contributed by atoms with Gasteiger partial charge < -0.3 is 33.8 Å². The zero-order chi connectivity index (χ0) is 69.8.